The Balaban J connectivity index is 1.83. The minimum atomic E-state index is -1.50. The van der Waals surface area contributed by atoms with Crippen molar-refractivity contribution >= 4 is 29.0 Å². The van der Waals surface area contributed by atoms with Crippen LogP contribution < -0.4 is 4.74 Å². The largest absolute Gasteiger partial charge is 0.614 e. The molecule has 3 atom stereocenters. The lowest BCUT2D eigenvalue weighted by molar-refractivity contribution is -0.164. The fourth-order valence-electron chi connectivity index (χ4n) is 3.16. The van der Waals surface area contributed by atoms with Crippen LogP contribution in [0.4, 0.5) is 0 Å². The Morgan fingerprint density at radius 2 is 2.00 bits per heavy atom. The number of carbonyl (C=O) groups is 3. The lowest BCUT2D eigenvalue weighted by Crippen LogP contribution is -2.70. The number of esters is 2. The van der Waals surface area contributed by atoms with E-state index in [4.69, 9.17) is 18.9 Å². The maximum Gasteiger partial charge on any atom is 0.355 e. The molecule has 2 unspecified atom stereocenters. The van der Waals surface area contributed by atoms with Crippen LogP contribution in [0.15, 0.2) is 35.5 Å². The summed E-state index contributed by atoms with van der Waals surface area (Å²) in [4.78, 5) is 37.6. The van der Waals surface area contributed by atoms with E-state index >= 15 is 0 Å². The van der Waals surface area contributed by atoms with Crippen molar-refractivity contribution in [1.29, 1.82) is 0 Å². The van der Waals surface area contributed by atoms with E-state index in [1.54, 1.807) is 24.3 Å². The van der Waals surface area contributed by atoms with Crippen LogP contribution in [0.3, 0.4) is 0 Å². The monoisotopic (exact) mass is 423 g/mol. The van der Waals surface area contributed by atoms with Gasteiger partial charge in [0.1, 0.15) is 30.4 Å². The highest BCUT2D eigenvalue weighted by Gasteiger charge is 2.61. The molecule has 1 amide bonds. The number of β-lactam (4-membered cyclic amide) rings is 1. The van der Waals surface area contributed by atoms with Crippen molar-refractivity contribution < 1.29 is 37.9 Å². The highest BCUT2D eigenvalue weighted by atomic mass is 32.2. The zero-order valence-corrected chi connectivity index (χ0v) is 17.0. The van der Waals surface area contributed by atoms with Gasteiger partial charge in [0.25, 0.3) is 5.91 Å². The summed E-state index contributed by atoms with van der Waals surface area (Å²) in [5.74, 6) is -1.22. The van der Waals surface area contributed by atoms with Crippen molar-refractivity contribution in [3.63, 3.8) is 0 Å². The molecule has 2 aliphatic rings. The van der Waals surface area contributed by atoms with Gasteiger partial charge in [-0.3, -0.25) is 14.5 Å². The number of amides is 1. The number of hydrogen-bond donors (Lipinski definition) is 0. The molecular formula is C19H21NO8S. The predicted molar refractivity (Wildman–Crippen MR) is 101 cm³/mol. The van der Waals surface area contributed by atoms with Gasteiger partial charge in [0.05, 0.1) is 7.11 Å². The molecule has 0 spiro atoms. The summed E-state index contributed by atoms with van der Waals surface area (Å²) in [6.07, 6.45) is -0.882. The average molecular weight is 423 g/mol. The first-order valence-corrected chi connectivity index (χ1v) is 10.1. The summed E-state index contributed by atoms with van der Waals surface area (Å²) in [7, 11) is 2.87. The van der Waals surface area contributed by atoms with Crippen LogP contribution in [0.2, 0.25) is 0 Å². The molecule has 156 valence electrons. The number of carbonyl (C=O) groups excluding carboxylic acids is 3. The predicted octanol–water partition coefficient (Wildman–Crippen LogP) is 0.501. The van der Waals surface area contributed by atoms with Gasteiger partial charge in [-0.2, -0.15) is 0 Å². The van der Waals surface area contributed by atoms with Gasteiger partial charge in [-0.05, 0) is 28.9 Å². The molecule has 10 heteroatoms. The molecule has 1 aromatic carbocycles. The highest BCUT2D eigenvalue weighted by Crippen LogP contribution is 2.38. The standard InChI is InChI=1S/C19H21NO8S/c1-11(21)27-9-13-10-29(24)18-16(26-3)17(22)20(18)15(13)19(23)28-8-12-5-4-6-14(7-12)25-2/h4-7,16,18H,8-10H2,1-3H3/t16-,18?,29?/m1/s1. The topological polar surface area (TPSA) is 114 Å². The van der Waals surface area contributed by atoms with E-state index in [0.29, 0.717) is 11.3 Å². The third-order valence-electron chi connectivity index (χ3n) is 4.56. The van der Waals surface area contributed by atoms with E-state index in [2.05, 4.69) is 0 Å². The molecule has 0 N–H and O–H groups in total. The number of nitrogens with zero attached hydrogens (tertiary/aromatic N) is 1. The van der Waals surface area contributed by atoms with Gasteiger partial charge in [-0.1, -0.05) is 12.1 Å². The number of benzene rings is 1. The second-order valence-corrected chi connectivity index (χ2v) is 7.97. The molecule has 3 rings (SSSR count). The molecule has 9 nitrogen and oxygen atoms in total. The van der Waals surface area contributed by atoms with Crippen LogP contribution in [0, 0.1) is 0 Å². The van der Waals surface area contributed by atoms with Crippen LogP contribution in [0.5, 0.6) is 5.75 Å². The SMILES string of the molecule is COc1cccc(COC(=O)C2=C(COC(C)=O)C[S+]([O-])C3[C@H](OC)C(=O)N23)c1. The lowest BCUT2D eigenvalue weighted by atomic mass is 10.1. The molecule has 1 fully saturated rings. The van der Waals surface area contributed by atoms with Gasteiger partial charge in [0.2, 0.25) is 11.5 Å². The fourth-order valence-corrected chi connectivity index (χ4v) is 4.85. The first-order chi connectivity index (χ1) is 13.9. The Morgan fingerprint density at radius 3 is 2.66 bits per heavy atom. The third-order valence-corrected chi connectivity index (χ3v) is 6.19. The molecule has 1 saturated heterocycles. The van der Waals surface area contributed by atoms with Crippen LogP contribution in [0.1, 0.15) is 12.5 Å². The van der Waals surface area contributed by atoms with Crippen LogP contribution >= 0.6 is 0 Å². The molecule has 0 bridgehead atoms. The van der Waals surface area contributed by atoms with Gasteiger partial charge in [0, 0.05) is 19.6 Å². The summed E-state index contributed by atoms with van der Waals surface area (Å²) in [5.41, 5.74) is 0.922. The zero-order valence-electron chi connectivity index (χ0n) is 16.2. The fraction of sp³-hybridized carbons (Fsp3) is 0.421. The molecule has 0 aliphatic carbocycles. The van der Waals surface area contributed by atoms with Crippen molar-refractivity contribution in [1.82, 2.24) is 4.90 Å². The highest BCUT2D eigenvalue weighted by molar-refractivity contribution is 7.92. The number of hydrogen-bond acceptors (Lipinski definition) is 8. The lowest BCUT2D eigenvalue weighted by Gasteiger charge is -2.48. The molecule has 1 aromatic rings. The summed E-state index contributed by atoms with van der Waals surface area (Å²) in [5, 5.41) is -0.770. The second-order valence-electron chi connectivity index (χ2n) is 6.44. The molecule has 2 aliphatic heterocycles. The van der Waals surface area contributed by atoms with Gasteiger partial charge in [0.15, 0.2) is 0 Å². The van der Waals surface area contributed by atoms with Gasteiger partial charge in [-0.15, -0.1) is 0 Å². The van der Waals surface area contributed by atoms with Crippen molar-refractivity contribution in [2.75, 3.05) is 26.6 Å². The number of ether oxygens (including phenoxy) is 4. The van der Waals surface area contributed by atoms with E-state index in [-0.39, 0.29) is 30.2 Å². The smallest absolute Gasteiger partial charge is 0.355 e. The Labute approximate surface area is 170 Å². The first kappa shape index (κ1) is 21.2. The molecule has 29 heavy (non-hydrogen) atoms. The van der Waals surface area contributed by atoms with Crippen LogP contribution in [-0.4, -0.2) is 65.4 Å². The van der Waals surface area contributed by atoms with E-state index in [1.807, 2.05) is 0 Å². The molecular weight excluding hydrogens is 402 g/mol. The maximum atomic E-state index is 12.8. The van der Waals surface area contributed by atoms with Crippen molar-refractivity contribution in [3.05, 3.63) is 41.1 Å². The molecule has 0 saturated carbocycles. The zero-order chi connectivity index (χ0) is 21.1. The van der Waals surface area contributed by atoms with E-state index in [1.165, 1.54) is 21.1 Å². The minimum absolute atomic E-state index is 0.0226. The maximum absolute atomic E-state index is 12.8. The normalized spacial score (nSPS) is 23.2. The van der Waals surface area contributed by atoms with Gasteiger partial charge < -0.3 is 23.5 Å². The Morgan fingerprint density at radius 1 is 1.24 bits per heavy atom. The Bertz CT molecular complexity index is 854. The molecule has 2 heterocycles. The summed E-state index contributed by atoms with van der Waals surface area (Å²) in [6, 6.07) is 7.00. The summed E-state index contributed by atoms with van der Waals surface area (Å²) < 4.78 is 33.1. The summed E-state index contributed by atoms with van der Waals surface area (Å²) >= 11 is -1.50. The third kappa shape index (κ3) is 4.24. The number of methoxy groups -OCH3 is 2. The molecule has 0 aromatic heterocycles. The number of rotatable bonds is 7. The van der Waals surface area contributed by atoms with Crippen molar-refractivity contribution in [3.8, 4) is 5.75 Å². The first-order valence-electron chi connectivity index (χ1n) is 8.75. The Kier molecular flexibility index (Phi) is 6.46. The average Bonchev–Trinajstić information content (AvgIpc) is 2.71. The second kappa shape index (κ2) is 8.85. The van der Waals surface area contributed by atoms with Crippen LogP contribution in [-0.2, 0) is 46.4 Å². The van der Waals surface area contributed by atoms with Crippen molar-refractivity contribution in [2.24, 2.45) is 0 Å². The minimum Gasteiger partial charge on any atom is -0.614 e. The summed E-state index contributed by atoms with van der Waals surface area (Å²) in [6.45, 7) is 0.919. The van der Waals surface area contributed by atoms with Gasteiger partial charge in [-0.25, -0.2) is 4.79 Å². The Hall–Kier alpha value is -2.56. The van der Waals surface area contributed by atoms with Crippen molar-refractivity contribution in [2.45, 2.75) is 25.0 Å². The van der Waals surface area contributed by atoms with E-state index < -0.39 is 40.5 Å². The number of fused-ring (bicyclic) bond motifs is 1. The van der Waals surface area contributed by atoms with Crippen LogP contribution in [0.25, 0.3) is 0 Å². The van der Waals surface area contributed by atoms with E-state index in [0.717, 1.165) is 4.90 Å². The molecule has 0 radical (unpaired) electrons. The van der Waals surface area contributed by atoms with Gasteiger partial charge >= 0.3 is 11.9 Å². The van der Waals surface area contributed by atoms with E-state index in [9.17, 15) is 18.9 Å². The quantitative estimate of drug-likeness (QED) is 0.354.